The van der Waals surface area contributed by atoms with E-state index in [1.807, 2.05) is 0 Å². The van der Waals surface area contributed by atoms with Crippen LogP contribution in [0.2, 0.25) is 0 Å². The van der Waals surface area contributed by atoms with Crippen LogP contribution in [0.5, 0.6) is 6.01 Å². The maximum atomic E-state index is 12.8. The fourth-order valence-electron chi connectivity index (χ4n) is 8.20. The first-order valence-electron chi connectivity index (χ1n) is 21.3. The van der Waals surface area contributed by atoms with Gasteiger partial charge in [-0.05, 0) is 61.8 Å². The predicted molar refractivity (Wildman–Crippen MR) is 240 cm³/mol. The molecule has 0 saturated heterocycles. The average Bonchev–Trinajstić information content (AvgIpc) is 3.44. The molecule has 308 valence electrons. The van der Waals surface area contributed by atoms with Gasteiger partial charge in [0.2, 0.25) is 0 Å². The highest BCUT2D eigenvalue weighted by Crippen LogP contribution is 2.41. The predicted octanol–water partition coefficient (Wildman–Crippen LogP) is 8.68. The van der Waals surface area contributed by atoms with Crippen LogP contribution in [0.25, 0.3) is 38.2 Å². The van der Waals surface area contributed by atoms with Crippen LogP contribution in [0.15, 0.2) is 46.0 Å². The van der Waals surface area contributed by atoms with Crippen LogP contribution in [-0.4, -0.2) is 72.9 Å². The molecule has 6 rings (SSSR count). The SMILES string of the molecule is CCCCCC(C)(CCCC)COc1nc(N2CCCN=C(/C=C(\N)C(=O)N(C)C)C2)c2c3c(c(-c4cccc5sc(C(C)C)c(C#N)c45)cc2n1)=NC(C)C(C)C=3. The largest absolute Gasteiger partial charge is 0.463 e. The van der Waals surface area contributed by atoms with Crippen LogP contribution < -0.4 is 25.9 Å². The number of benzene rings is 2. The topological polar surface area (TPSA) is 133 Å². The Morgan fingerprint density at radius 3 is 2.59 bits per heavy atom. The molecule has 3 atom stereocenters. The van der Waals surface area contributed by atoms with Crippen LogP contribution in [0.4, 0.5) is 5.82 Å². The molecular weight excluding hydrogens is 741 g/mol. The number of aromatic nitrogens is 2. The van der Waals surface area contributed by atoms with Crippen LogP contribution in [0.3, 0.4) is 0 Å². The van der Waals surface area contributed by atoms with Crippen LogP contribution in [0.1, 0.15) is 116 Å². The van der Waals surface area contributed by atoms with Gasteiger partial charge in [-0.2, -0.15) is 15.2 Å². The van der Waals surface area contributed by atoms with Crippen LogP contribution in [-0.2, 0) is 4.79 Å². The number of nitrogens with zero attached hydrogens (tertiary/aromatic N) is 7. The number of hydrogen-bond donors (Lipinski definition) is 1. The smallest absolute Gasteiger partial charge is 0.318 e. The molecule has 0 aliphatic carbocycles. The lowest BCUT2D eigenvalue weighted by molar-refractivity contribution is -0.124. The number of carbonyl (C=O) groups is 1. The summed E-state index contributed by atoms with van der Waals surface area (Å²) in [5.41, 5.74) is 10.6. The van der Waals surface area contributed by atoms with E-state index in [2.05, 4.69) is 89.8 Å². The molecule has 2 N–H and O–H groups in total. The zero-order valence-corrected chi connectivity index (χ0v) is 36.9. The van der Waals surface area contributed by atoms with E-state index in [9.17, 15) is 10.1 Å². The van der Waals surface area contributed by atoms with Gasteiger partial charge in [0.1, 0.15) is 11.9 Å². The summed E-state index contributed by atoms with van der Waals surface area (Å²) in [6.45, 7) is 17.7. The van der Waals surface area contributed by atoms with Gasteiger partial charge in [-0.15, -0.1) is 11.3 Å². The number of anilines is 1. The molecule has 4 aromatic rings. The van der Waals surface area contributed by atoms with E-state index < -0.39 is 0 Å². The minimum atomic E-state index is -0.256. The number of aliphatic imine (C=N–C) groups is 1. The minimum absolute atomic E-state index is 0.0109. The van der Waals surface area contributed by atoms with E-state index in [1.54, 1.807) is 31.5 Å². The van der Waals surface area contributed by atoms with E-state index >= 15 is 0 Å². The number of ether oxygens (including phenoxy) is 1. The normalized spacial score (nSPS) is 18.2. The van der Waals surface area contributed by atoms with Crippen LogP contribution in [0, 0.1) is 22.7 Å². The standard InChI is InChI=1S/C47H62N8O2S/c1-10-12-14-20-47(7,19-13-11-2)28-57-46-52-38-25-34(33-17-15-18-39-40(33)36(26-48)43(58-39)29(3)4)42-35(23-30(5)31(6)51-42)41(38)44(53-46)55-22-16-21-50-32(27-55)24-37(49)45(56)54(8)9/h15,17-18,23-25,29-31H,10-14,16,19-22,27-28,49H2,1-9H3/b37-24-. The molecule has 2 aliphatic rings. The highest BCUT2D eigenvalue weighted by Gasteiger charge is 2.28. The van der Waals surface area contributed by atoms with Crippen molar-refractivity contribution >= 4 is 55.8 Å². The molecule has 3 unspecified atom stereocenters. The van der Waals surface area contributed by atoms with E-state index in [0.29, 0.717) is 32.3 Å². The zero-order chi connectivity index (χ0) is 41.7. The number of rotatable bonds is 15. The lowest BCUT2D eigenvalue weighted by Gasteiger charge is -2.30. The van der Waals surface area contributed by atoms with Gasteiger partial charge in [0.25, 0.3) is 5.91 Å². The molecule has 58 heavy (non-hydrogen) atoms. The van der Waals surface area contributed by atoms with E-state index in [0.717, 1.165) is 103 Å². The van der Waals surface area contributed by atoms with Crippen molar-refractivity contribution in [2.24, 2.45) is 27.1 Å². The number of fused-ring (bicyclic) bond motifs is 4. The van der Waals surface area contributed by atoms with Crippen molar-refractivity contribution in [2.75, 3.05) is 45.2 Å². The molecule has 0 bridgehead atoms. The summed E-state index contributed by atoms with van der Waals surface area (Å²) in [6.07, 6.45) is 12.8. The fourth-order valence-corrected chi connectivity index (χ4v) is 9.39. The molecule has 10 nitrogen and oxygen atoms in total. The summed E-state index contributed by atoms with van der Waals surface area (Å²) in [5.74, 6) is 0.884. The third-order valence-corrected chi connectivity index (χ3v) is 13.2. The number of carbonyl (C=O) groups excluding carboxylic acids is 1. The first-order valence-corrected chi connectivity index (χ1v) is 22.1. The molecule has 2 aliphatic heterocycles. The monoisotopic (exact) mass is 802 g/mol. The number of thiophene rings is 1. The Hall–Kier alpha value is -4.82. The Labute approximate surface area is 348 Å². The summed E-state index contributed by atoms with van der Waals surface area (Å²) in [4.78, 5) is 38.4. The van der Waals surface area contributed by atoms with Gasteiger partial charge in [0.15, 0.2) is 0 Å². The summed E-state index contributed by atoms with van der Waals surface area (Å²) in [6, 6.07) is 11.4. The molecule has 11 heteroatoms. The van der Waals surface area contributed by atoms with E-state index in [4.69, 9.17) is 30.4 Å². The second-order valence-corrected chi connectivity index (χ2v) is 18.3. The third-order valence-electron chi connectivity index (χ3n) is 11.7. The zero-order valence-electron chi connectivity index (χ0n) is 36.1. The van der Waals surface area contributed by atoms with E-state index in [-0.39, 0.29) is 34.9 Å². The van der Waals surface area contributed by atoms with E-state index in [1.165, 1.54) is 17.7 Å². The number of hydrogen-bond acceptors (Lipinski definition) is 10. The average molecular weight is 803 g/mol. The molecule has 0 saturated carbocycles. The third kappa shape index (κ3) is 9.07. The summed E-state index contributed by atoms with van der Waals surface area (Å²) in [5, 5.41) is 14.3. The van der Waals surface area contributed by atoms with Crippen molar-refractivity contribution in [1.29, 1.82) is 5.26 Å². The summed E-state index contributed by atoms with van der Waals surface area (Å²) in [7, 11) is 3.39. The maximum Gasteiger partial charge on any atom is 0.318 e. The molecule has 1 amide bonds. The second kappa shape index (κ2) is 18.4. The molecule has 4 heterocycles. The van der Waals surface area contributed by atoms with Gasteiger partial charge in [0, 0.05) is 58.3 Å². The Morgan fingerprint density at radius 2 is 1.88 bits per heavy atom. The van der Waals surface area contributed by atoms with Gasteiger partial charge in [-0.3, -0.25) is 14.8 Å². The minimum Gasteiger partial charge on any atom is -0.463 e. The molecule has 0 radical (unpaired) electrons. The lowest BCUT2D eigenvalue weighted by Crippen LogP contribution is -2.38. The molecule has 2 aromatic carbocycles. The van der Waals surface area contributed by atoms with Crippen LogP contribution >= 0.6 is 11.3 Å². The van der Waals surface area contributed by atoms with Gasteiger partial charge in [-0.1, -0.05) is 91.9 Å². The molecule has 0 fully saturated rings. The second-order valence-electron chi connectivity index (χ2n) is 17.2. The van der Waals surface area contributed by atoms with Crippen molar-refractivity contribution in [3.63, 3.8) is 0 Å². The van der Waals surface area contributed by atoms with Crippen molar-refractivity contribution in [3.05, 3.63) is 57.1 Å². The maximum absolute atomic E-state index is 12.8. The van der Waals surface area contributed by atoms with Gasteiger partial charge in [-0.25, -0.2) is 0 Å². The Balaban J connectivity index is 1.60. The first-order chi connectivity index (χ1) is 27.8. The number of nitrogens with two attached hydrogens (primary N) is 1. The fraction of sp³-hybridized carbons (Fsp3) is 0.532. The molecule has 2 aromatic heterocycles. The van der Waals surface area contributed by atoms with Crippen molar-refractivity contribution < 1.29 is 9.53 Å². The van der Waals surface area contributed by atoms with Gasteiger partial charge in [0.05, 0.1) is 52.4 Å². The van der Waals surface area contributed by atoms with Gasteiger partial charge >= 0.3 is 6.01 Å². The molecule has 0 spiro atoms. The Bertz CT molecular complexity index is 2390. The van der Waals surface area contributed by atoms with Crippen molar-refractivity contribution in [1.82, 2.24) is 14.9 Å². The van der Waals surface area contributed by atoms with Crippen molar-refractivity contribution in [2.45, 2.75) is 112 Å². The number of likely N-dealkylation sites (N-methyl/N-ethyl adjacent to an activating group) is 1. The highest BCUT2D eigenvalue weighted by molar-refractivity contribution is 7.19. The Kier molecular flexibility index (Phi) is 13.6. The number of nitriles is 1. The Morgan fingerprint density at radius 1 is 1.12 bits per heavy atom. The number of amides is 1. The summed E-state index contributed by atoms with van der Waals surface area (Å²) >= 11 is 1.70. The highest BCUT2D eigenvalue weighted by atomic mass is 32.1. The first kappa shape index (κ1) is 42.8. The van der Waals surface area contributed by atoms with Gasteiger partial charge < -0.3 is 20.3 Å². The number of unbranched alkanes of at least 4 members (excludes halogenated alkanes) is 3. The summed E-state index contributed by atoms with van der Waals surface area (Å²) < 4.78 is 7.84. The van der Waals surface area contributed by atoms with Crippen molar-refractivity contribution in [3.8, 4) is 23.2 Å². The lowest BCUT2D eigenvalue weighted by atomic mass is 9.81. The quantitative estimate of drug-likeness (QED) is 0.0940. The molecular formula is C47H62N8O2S.